The van der Waals surface area contributed by atoms with Crippen molar-refractivity contribution in [2.24, 2.45) is 0 Å². The Kier molecular flexibility index (Phi) is 4.95. The average molecular weight is 325 g/mol. The van der Waals surface area contributed by atoms with Crippen LogP contribution in [0.15, 0.2) is 36.5 Å². The summed E-state index contributed by atoms with van der Waals surface area (Å²) >= 11 is 0. The molecule has 0 fully saturated rings. The standard InChI is InChI=1S/C15H14F3N3O2/c1-9-10(6-7-19-21-9)14(23)20-13(8-22)11-4-2-3-5-12(11)15(16,17)18/h2-7,13,22H,8H2,1H3,(H,20,23). The largest absolute Gasteiger partial charge is 0.416 e. The van der Waals surface area contributed by atoms with E-state index < -0.39 is 30.3 Å². The highest BCUT2D eigenvalue weighted by molar-refractivity contribution is 5.95. The number of carbonyl (C=O) groups is 1. The van der Waals surface area contributed by atoms with Gasteiger partial charge in [-0.3, -0.25) is 4.79 Å². The van der Waals surface area contributed by atoms with E-state index in [1.807, 2.05) is 0 Å². The highest BCUT2D eigenvalue weighted by atomic mass is 19.4. The molecule has 0 aliphatic rings. The quantitative estimate of drug-likeness (QED) is 0.904. The highest BCUT2D eigenvalue weighted by Crippen LogP contribution is 2.34. The minimum absolute atomic E-state index is 0.183. The van der Waals surface area contributed by atoms with Gasteiger partial charge in [0.1, 0.15) is 0 Å². The molecule has 8 heteroatoms. The van der Waals surface area contributed by atoms with Gasteiger partial charge in [-0.2, -0.15) is 23.4 Å². The normalized spacial score (nSPS) is 12.7. The molecular formula is C15H14F3N3O2. The molecule has 0 saturated heterocycles. The molecule has 0 spiro atoms. The second-order valence-electron chi connectivity index (χ2n) is 4.82. The van der Waals surface area contributed by atoms with Crippen LogP contribution in [-0.4, -0.2) is 27.8 Å². The summed E-state index contributed by atoms with van der Waals surface area (Å²) in [7, 11) is 0. The zero-order valence-corrected chi connectivity index (χ0v) is 12.1. The first-order chi connectivity index (χ1) is 10.8. The summed E-state index contributed by atoms with van der Waals surface area (Å²) in [5.41, 5.74) is -0.576. The maximum absolute atomic E-state index is 13.1. The number of halogens is 3. The Morgan fingerprint density at radius 2 is 2.00 bits per heavy atom. The van der Waals surface area contributed by atoms with Crippen LogP contribution in [0.25, 0.3) is 0 Å². The predicted octanol–water partition coefficient (Wildman–Crippen LogP) is 2.27. The molecule has 0 saturated carbocycles. The van der Waals surface area contributed by atoms with Crippen LogP contribution >= 0.6 is 0 Å². The second kappa shape index (κ2) is 6.74. The summed E-state index contributed by atoms with van der Waals surface area (Å²) in [6, 6.07) is 5.01. The Balaban J connectivity index is 2.32. The fraction of sp³-hybridized carbons (Fsp3) is 0.267. The Morgan fingerprint density at radius 3 is 2.61 bits per heavy atom. The van der Waals surface area contributed by atoms with E-state index >= 15 is 0 Å². The third kappa shape index (κ3) is 3.84. The molecule has 0 radical (unpaired) electrons. The van der Waals surface area contributed by atoms with Crippen LogP contribution in [0.1, 0.15) is 33.2 Å². The summed E-state index contributed by atoms with van der Waals surface area (Å²) in [6.45, 7) is 0.885. The molecule has 1 unspecified atom stereocenters. The topological polar surface area (TPSA) is 75.1 Å². The van der Waals surface area contributed by atoms with E-state index in [9.17, 15) is 23.1 Å². The first-order valence-corrected chi connectivity index (χ1v) is 6.70. The van der Waals surface area contributed by atoms with Crippen LogP contribution in [-0.2, 0) is 6.18 Å². The van der Waals surface area contributed by atoms with Crippen molar-refractivity contribution in [2.75, 3.05) is 6.61 Å². The van der Waals surface area contributed by atoms with Gasteiger partial charge >= 0.3 is 6.18 Å². The third-order valence-corrected chi connectivity index (χ3v) is 3.28. The van der Waals surface area contributed by atoms with Gasteiger partial charge in [-0.15, -0.1) is 0 Å². The monoisotopic (exact) mass is 325 g/mol. The molecule has 5 nitrogen and oxygen atoms in total. The number of benzene rings is 1. The molecule has 0 aliphatic carbocycles. The van der Waals surface area contributed by atoms with Crippen LogP contribution < -0.4 is 5.32 Å². The van der Waals surface area contributed by atoms with Gasteiger partial charge in [-0.05, 0) is 24.6 Å². The SMILES string of the molecule is Cc1nnccc1C(=O)NC(CO)c1ccccc1C(F)(F)F. The molecule has 1 aromatic carbocycles. The predicted molar refractivity (Wildman–Crippen MR) is 75.5 cm³/mol. The van der Waals surface area contributed by atoms with Crippen LogP contribution in [0.5, 0.6) is 0 Å². The minimum Gasteiger partial charge on any atom is -0.394 e. The van der Waals surface area contributed by atoms with E-state index in [0.29, 0.717) is 5.69 Å². The molecule has 0 bridgehead atoms. The zero-order valence-electron chi connectivity index (χ0n) is 12.1. The van der Waals surface area contributed by atoms with Crippen LogP contribution in [0.3, 0.4) is 0 Å². The molecule has 2 rings (SSSR count). The lowest BCUT2D eigenvalue weighted by Gasteiger charge is -2.21. The molecule has 1 aromatic heterocycles. The summed E-state index contributed by atoms with van der Waals surface area (Å²) in [4.78, 5) is 12.2. The number of aliphatic hydroxyl groups is 1. The number of rotatable bonds is 4. The Hall–Kier alpha value is -2.48. The van der Waals surface area contributed by atoms with Gasteiger partial charge in [0.15, 0.2) is 0 Å². The molecule has 0 aliphatic heterocycles. The van der Waals surface area contributed by atoms with E-state index in [1.54, 1.807) is 6.92 Å². The molecule has 23 heavy (non-hydrogen) atoms. The van der Waals surface area contributed by atoms with Gasteiger partial charge < -0.3 is 10.4 Å². The first-order valence-electron chi connectivity index (χ1n) is 6.70. The summed E-state index contributed by atoms with van der Waals surface area (Å²) in [5, 5.41) is 19.1. The molecule has 1 atom stereocenters. The van der Waals surface area contributed by atoms with Crippen molar-refractivity contribution in [3.8, 4) is 0 Å². The van der Waals surface area contributed by atoms with E-state index in [-0.39, 0.29) is 11.1 Å². The third-order valence-electron chi connectivity index (χ3n) is 3.28. The molecule has 1 heterocycles. The number of amides is 1. The number of hydrogen-bond donors (Lipinski definition) is 2. The summed E-state index contributed by atoms with van der Waals surface area (Å²) < 4.78 is 39.2. The second-order valence-corrected chi connectivity index (χ2v) is 4.82. The molecule has 1 amide bonds. The Bertz CT molecular complexity index is 704. The van der Waals surface area contributed by atoms with E-state index in [2.05, 4.69) is 15.5 Å². The van der Waals surface area contributed by atoms with Crippen molar-refractivity contribution in [1.82, 2.24) is 15.5 Å². The van der Waals surface area contributed by atoms with Crippen LogP contribution in [0.4, 0.5) is 13.2 Å². The highest BCUT2D eigenvalue weighted by Gasteiger charge is 2.35. The number of aryl methyl sites for hydroxylation is 1. The van der Waals surface area contributed by atoms with Crippen LogP contribution in [0.2, 0.25) is 0 Å². The van der Waals surface area contributed by atoms with Crippen molar-refractivity contribution < 1.29 is 23.1 Å². The van der Waals surface area contributed by atoms with Crippen molar-refractivity contribution in [3.63, 3.8) is 0 Å². The Labute approximate surface area is 130 Å². The number of aliphatic hydroxyl groups excluding tert-OH is 1. The van der Waals surface area contributed by atoms with E-state index in [0.717, 1.165) is 6.07 Å². The summed E-state index contributed by atoms with van der Waals surface area (Å²) in [6.07, 6.45) is -3.28. The molecule has 2 aromatic rings. The zero-order chi connectivity index (χ0) is 17.0. The lowest BCUT2D eigenvalue weighted by atomic mass is 10.00. The van der Waals surface area contributed by atoms with E-state index in [4.69, 9.17) is 0 Å². The van der Waals surface area contributed by atoms with Gasteiger partial charge in [0.25, 0.3) is 5.91 Å². The number of aromatic nitrogens is 2. The minimum atomic E-state index is -4.58. The fourth-order valence-corrected chi connectivity index (χ4v) is 2.16. The van der Waals surface area contributed by atoms with Gasteiger partial charge in [-0.1, -0.05) is 18.2 Å². The molecule has 122 valence electrons. The molecule has 2 N–H and O–H groups in total. The van der Waals surface area contributed by atoms with Crippen molar-refractivity contribution in [2.45, 2.75) is 19.1 Å². The number of nitrogens with zero attached hydrogens (tertiary/aromatic N) is 2. The number of hydrogen-bond acceptors (Lipinski definition) is 4. The molecular weight excluding hydrogens is 311 g/mol. The van der Waals surface area contributed by atoms with Gasteiger partial charge in [0, 0.05) is 0 Å². The van der Waals surface area contributed by atoms with Crippen molar-refractivity contribution >= 4 is 5.91 Å². The Morgan fingerprint density at radius 1 is 1.30 bits per heavy atom. The number of nitrogens with one attached hydrogen (secondary N) is 1. The summed E-state index contributed by atoms with van der Waals surface area (Å²) in [5.74, 6) is -0.631. The van der Waals surface area contributed by atoms with Gasteiger partial charge in [0.2, 0.25) is 0 Å². The van der Waals surface area contributed by atoms with Crippen LogP contribution in [0, 0.1) is 6.92 Å². The fourth-order valence-electron chi connectivity index (χ4n) is 2.16. The van der Waals surface area contributed by atoms with Gasteiger partial charge in [0.05, 0.1) is 35.7 Å². The smallest absolute Gasteiger partial charge is 0.394 e. The van der Waals surface area contributed by atoms with Gasteiger partial charge in [-0.25, -0.2) is 0 Å². The lowest BCUT2D eigenvalue weighted by Crippen LogP contribution is -2.32. The van der Waals surface area contributed by atoms with E-state index in [1.165, 1.54) is 30.5 Å². The first kappa shape index (κ1) is 16.9. The van der Waals surface area contributed by atoms with Crippen molar-refractivity contribution in [1.29, 1.82) is 0 Å². The number of carbonyl (C=O) groups excluding carboxylic acids is 1. The maximum atomic E-state index is 13.1. The lowest BCUT2D eigenvalue weighted by molar-refractivity contribution is -0.138. The van der Waals surface area contributed by atoms with Crippen molar-refractivity contribution in [3.05, 3.63) is 58.9 Å². The maximum Gasteiger partial charge on any atom is 0.416 e. The number of alkyl halides is 3. The average Bonchev–Trinajstić information content (AvgIpc) is 2.52.